The average Bonchev–Trinajstić information content (AvgIpc) is 3.32. The normalized spacial score (nSPS) is 19.1. The Kier molecular flexibility index (Phi) is 9.77. The highest BCUT2D eigenvalue weighted by Gasteiger charge is 2.15. The van der Waals surface area contributed by atoms with E-state index in [1.165, 1.54) is 37.2 Å². The predicted molar refractivity (Wildman–Crippen MR) is 124 cm³/mol. The lowest BCUT2D eigenvalue weighted by Crippen LogP contribution is -2.38. The number of hydrogen-bond donors (Lipinski definition) is 2. The van der Waals surface area contributed by atoms with Crippen molar-refractivity contribution in [2.75, 3.05) is 57.5 Å². The molecule has 2 N–H and O–H groups in total. The molecule has 1 aromatic carbocycles. The Balaban J connectivity index is 1.42. The summed E-state index contributed by atoms with van der Waals surface area (Å²) in [7, 11) is 0. The maximum absolute atomic E-state index is 5.86. The van der Waals surface area contributed by atoms with Gasteiger partial charge in [0.05, 0.1) is 6.04 Å². The number of anilines is 1. The number of benzene rings is 1. The van der Waals surface area contributed by atoms with Crippen molar-refractivity contribution in [1.82, 2.24) is 10.6 Å². The van der Waals surface area contributed by atoms with Gasteiger partial charge in [-0.15, -0.1) is 0 Å². The smallest absolute Gasteiger partial charge is 0.191 e. The zero-order valence-electron chi connectivity index (χ0n) is 18.9. The van der Waals surface area contributed by atoms with Crippen LogP contribution < -0.4 is 15.5 Å². The number of nitrogens with one attached hydrogen (secondary N) is 2. The van der Waals surface area contributed by atoms with Crippen LogP contribution >= 0.6 is 0 Å². The van der Waals surface area contributed by atoms with E-state index in [0.29, 0.717) is 5.92 Å². The molecule has 6 nitrogen and oxygen atoms in total. The predicted octanol–water partition coefficient (Wildman–Crippen LogP) is 3.74. The number of hydrogen-bond acceptors (Lipinski definition) is 4. The molecule has 1 atom stereocenters. The Morgan fingerprint density at radius 3 is 2.83 bits per heavy atom. The Morgan fingerprint density at radius 1 is 1.27 bits per heavy atom. The molecule has 0 aromatic heterocycles. The summed E-state index contributed by atoms with van der Waals surface area (Å²) in [6, 6.07) is 9.11. The van der Waals surface area contributed by atoms with Crippen LogP contribution in [0.3, 0.4) is 0 Å². The van der Waals surface area contributed by atoms with E-state index in [-0.39, 0.29) is 6.04 Å². The SMILES string of the molecule is CCNC(=NCCCOCC1CCOCC1)NC(C)c1cccc(N2CCCC2)c1. The lowest BCUT2D eigenvalue weighted by Gasteiger charge is -2.22. The van der Waals surface area contributed by atoms with Crippen molar-refractivity contribution in [3.8, 4) is 0 Å². The molecule has 0 aliphatic carbocycles. The maximum atomic E-state index is 5.86. The first-order valence-corrected chi connectivity index (χ1v) is 11.8. The summed E-state index contributed by atoms with van der Waals surface area (Å²) in [5, 5.41) is 6.93. The van der Waals surface area contributed by atoms with Crippen molar-refractivity contribution in [3.05, 3.63) is 29.8 Å². The van der Waals surface area contributed by atoms with E-state index in [1.54, 1.807) is 0 Å². The molecule has 0 saturated carbocycles. The monoisotopic (exact) mass is 416 g/mol. The van der Waals surface area contributed by atoms with Gasteiger partial charge in [0, 0.05) is 58.3 Å². The number of aliphatic imine (C=N–C) groups is 1. The molecular formula is C24H40N4O2. The molecule has 2 heterocycles. The van der Waals surface area contributed by atoms with Crippen LogP contribution in [0.4, 0.5) is 5.69 Å². The Morgan fingerprint density at radius 2 is 2.07 bits per heavy atom. The number of ether oxygens (including phenoxy) is 2. The Labute approximate surface area is 182 Å². The van der Waals surface area contributed by atoms with Gasteiger partial charge in [0.15, 0.2) is 5.96 Å². The molecule has 0 radical (unpaired) electrons. The minimum absolute atomic E-state index is 0.204. The molecule has 6 heteroatoms. The standard InChI is InChI=1S/C24H40N4O2/c1-3-25-24(26-12-7-15-30-19-21-10-16-29-17-11-21)27-20(2)22-8-6-9-23(18-22)28-13-4-5-14-28/h6,8-9,18,20-21H,3-5,7,10-17,19H2,1-2H3,(H2,25,26,27). The molecule has 30 heavy (non-hydrogen) atoms. The highest BCUT2D eigenvalue weighted by molar-refractivity contribution is 5.80. The highest BCUT2D eigenvalue weighted by atomic mass is 16.5. The van der Waals surface area contributed by atoms with E-state index in [9.17, 15) is 0 Å². The summed E-state index contributed by atoms with van der Waals surface area (Å²) in [4.78, 5) is 7.23. The van der Waals surface area contributed by atoms with Crippen LogP contribution in [-0.4, -0.2) is 58.6 Å². The van der Waals surface area contributed by atoms with E-state index < -0.39 is 0 Å². The van der Waals surface area contributed by atoms with E-state index >= 15 is 0 Å². The number of guanidine groups is 1. The summed E-state index contributed by atoms with van der Waals surface area (Å²) in [5.74, 6) is 1.54. The van der Waals surface area contributed by atoms with Crippen molar-refractivity contribution in [2.45, 2.75) is 52.0 Å². The third-order valence-corrected chi connectivity index (χ3v) is 5.95. The van der Waals surface area contributed by atoms with E-state index in [0.717, 1.165) is 64.7 Å². The second-order valence-corrected chi connectivity index (χ2v) is 8.40. The van der Waals surface area contributed by atoms with Crippen LogP contribution in [0.15, 0.2) is 29.3 Å². The summed E-state index contributed by atoms with van der Waals surface area (Å²) in [6.45, 7) is 11.7. The minimum Gasteiger partial charge on any atom is -0.381 e. The quantitative estimate of drug-likeness (QED) is 0.346. The number of rotatable bonds is 10. The maximum Gasteiger partial charge on any atom is 0.191 e. The van der Waals surface area contributed by atoms with E-state index in [2.05, 4.69) is 53.6 Å². The average molecular weight is 417 g/mol. The zero-order chi connectivity index (χ0) is 21.0. The molecule has 1 unspecified atom stereocenters. The van der Waals surface area contributed by atoms with Gasteiger partial charge in [-0.2, -0.15) is 0 Å². The molecule has 0 spiro atoms. The minimum atomic E-state index is 0.204. The molecule has 2 aliphatic heterocycles. The van der Waals surface area contributed by atoms with Crippen molar-refractivity contribution in [3.63, 3.8) is 0 Å². The first-order valence-electron chi connectivity index (χ1n) is 11.8. The molecule has 2 saturated heterocycles. The third kappa shape index (κ3) is 7.47. The third-order valence-electron chi connectivity index (χ3n) is 5.95. The Hall–Kier alpha value is -1.79. The van der Waals surface area contributed by atoms with Gasteiger partial charge in [-0.1, -0.05) is 12.1 Å². The summed E-state index contributed by atoms with van der Waals surface area (Å²) < 4.78 is 11.3. The van der Waals surface area contributed by atoms with Gasteiger partial charge in [0.25, 0.3) is 0 Å². The zero-order valence-corrected chi connectivity index (χ0v) is 18.9. The molecule has 1 aromatic rings. The van der Waals surface area contributed by atoms with Crippen molar-refractivity contribution in [2.24, 2.45) is 10.9 Å². The number of nitrogens with zero attached hydrogens (tertiary/aromatic N) is 2. The van der Waals surface area contributed by atoms with Crippen molar-refractivity contribution >= 4 is 11.6 Å². The molecule has 0 bridgehead atoms. The molecule has 2 fully saturated rings. The fourth-order valence-corrected chi connectivity index (χ4v) is 4.10. The summed E-state index contributed by atoms with van der Waals surface area (Å²) in [6.07, 6.45) is 5.80. The first kappa shape index (κ1) is 22.9. The fourth-order valence-electron chi connectivity index (χ4n) is 4.10. The van der Waals surface area contributed by atoms with Crippen molar-refractivity contribution in [1.29, 1.82) is 0 Å². The van der Waals surface area contributed by atoms with Gasteiger partial charge in [0.2, 0.25) is 0 Å². The summed E-state index contributed by atoms with van der Waals surface area (Å²) >= 11 is 0. The Bertz CT molecular complexity index is 640. The molecule has 0 amide bonds. The second kappa shape index (κ2) is 12.8. The molecule has 3 rings (SSSR count). The van der Waals surface area contributed by atoms with Crippen LogP contribution in [0, 0.1) is 5.92 Å². The molecule has 168 valence electrons. The van der Waals surface area contributed by atoms with Gasteiger partial charge in [-0.25, -0.2) is 0 Å². The largest absolute Gasteiger partial charge is 0.381 e. The molecule has 2 aliphatic rings. The first-order chi connectivity index (χ1) is 14.8. The lowest BCUT2D eigenvalue weighted by atomic mass is 10.0. The van der Waals surface area contributed by atoms with Gasteiger partial charge in [-0.05, 0) is 69.6 Å². The van der Waals surface area contributed by atoms with Gasteiger partial charge < -0.3 is 25.0 Å². The van der Waals surface area contributed by atoms with Gasteiger partial charge in [0.1, 0.15) is 0 Å². The van der Waals surface area contributed by atoms with Gasteiger partial charge in [-0.3, -0.25) is 4.99 Å². The van der Waals surface area contributed by atoms with Crippen LogP contribution in [0.25, 0.3) is 0 Å². The molecular weight excluding hydrogens is 376 g/mol. The van der Waals surface area contributed by atoms with Crippen LogP contribution in [-0.2, 0) is 9.47 Å². The highest BCUT2D eigenvalue weighted by Crippen LogP contribution is 2.24. The van der Waals surface area contributed by atoms with Crippen molar-refractivity contribution < 1.29 is 9.47 Å². The second-order valence-electron chi connectivity index (χ2n) is 8.40. The van der Waals surface area contributed by atoms with Gasteiger partial charge >= 0.3 is 0 Å². The topological polar surface area (TPSA) is 58.1 Å². The van der Waals surface area contributed by atoms with Crippen LogP contribution in [0.1, 0.15) is 57.6 Å². The van der Waals surface area contributed by atoms with Crippen LogP contribution in [0.5, 0.6) is 0 Å². The van der Waals surface area contributed by atoms with E-state index in [4.69, 9.17) is 14.5 Å². The lowest BCUT2D eigenvalue weighted by molar-refractivity contribution is 0.0205. The fraction of sp³-hybridized carbons (Fsp3) is 0.708. The van der Waals surface area contributed by atoms with E-state index in [1.807, 2.05) is 0 Å². The van der Waals surface area contributed by atoms with Crippen LogP contribution in [0.2, 0.25) is 0 Å². The summed E-state index contributed by atoms with van der Waals surface area (Å²) in [5.41, 5.74) is 2.63.